The Morgan fingerprint density at radius 1 is 1.37 bits per heavy atom. The van der Waals surface area contributed by atoms with E-state index in [1.54, 1.807) is 0 Å². The lowest BCUT2D eigenvalue weighted by atomic mass is 9.99. The summed E-state index contributed by atoms with van der Waals surface area (Å²) >= 11 is 0. The van der Waals surface area contributed by atoms with Crippen molar-refractivity contribution in [3.63, 3.8) is 0 Å². The van der Waals surface area contributed by atoms with Crippen LogP contribution in [-0.2, 0) is 6.42 Å². The second-order valence-electron chi connectivity index (χ2n) is 5.57. The minimum atomic E-state index is 0.676. The Labute approximate surface area is 114 Å². The van der Waals surface area contributed by atoms with Gasteiger partial charge in [0, 0.05) is 31.2 Å². The highest BCUT2D eigenvalue weighted by Crippen LogP contribution is 2.16. The lowest BCUT2D eigenvalue weighted by Gasteiger charge is -2.19. The Kier molecular flexibility index (Phi) is 3.76. The van der Waals surface area contributed by atoms with Gasteiger partial charge in [-0.25, -0.2) is 0 Å². The topological polar surface area (TPSA) is 28.2 Å². The van der Waals surface area contributed by atoms with Crippen molar-refractivity contribution in [1.29, 1.82) is 0 Å². The number of likely N-dealkylation sites (N-methyl/N-ethyl adjacent to an activating group) is 1. The highest BCUT2D eigenvalue weighted by molar-refractivity contribution is 5.78. The average Bonchev–Trinajstić information content (AvgIpc) is 2.63. The summed E-state index contributed by atoms with van der Waals surface area (Å²) in [5.41, 5.74) is 2.43. The first-order chi connectivity index (χ1) is 9.31. The van der Waals surface area contributed by atoms with Gasteiger partial charge in [0.25, 0.3) is 0 Å². The predicted octanol–water partition coefficient (Wildman–Crippen LogP) is 1.93. The van der Waals surface area contributed by atoms with E-state index in [1.165, 1.54) is 17.5 Å². The number of hydrogen-bond acceptors (Lipinski definition) is 3. The molecule has 19 heavy (non-hydrogen) atoms. The maximum absolute atomic E-state index is 4.56. The number of nitrogens with zero attached hydrogens (tertiary/aromatic N) is 2. The zero-order chi connectivity index (χ0) is 13.1. The van der Waals surface area contributed by atoms with Crippen LogP contribution in [0.3, 0.4) is 0 Å². The van der Waals surface area contributed by atoms with Gasteiger partial charge in [-0.15, -0.1) is 0 Å². The molecule has 3 rings (SSSR count). The fraction of sp³-hybridized carbons (Fsp3) is 0.438. The summed E-state index contributed by atoms with van der Waals surface area (Å²) in [5.74, 6) is 0.676. The molecule has 0 unspecified atom stereocenters. The van der Waals surface area contributed by atoms with Crippen LogP contribution in [0.2, 0.25) is 0 Å². The van der Waals surface area contributed by atoms with Crippen molar-refractivity contribution in [3.05, 3.63) is 42.1 Å². The van der Waals surface area contributed by atoms with Crippen LogP contribution in [-0.4, -0.2) is 43.1 Å². The molecule has 3 heteroatoms. The molecule has 100 valence electrons. The molecule has 0 saturated carbocycles. The molecule has 0 radical (unpaired) electrons. The summed E-state index contributed by atoms with van der Waals surface area (Å²) in [7, 11) is 2.21. The van der Waals surface area contributed by atoms with Crippen molar-refractivity contribution < 1.29 is 0 Å². The minimum absolute atomic E-state index is 0.676. The fourth-order valence-electron chi connectivity index (χ4n) is 2.87. The maximum Gasteiger partial charge on any atom is 0.0702 e. The van der Waals surface area contributed by atoms with E-state index in [0.717, 1.165) is 31.6 Å². The highest BCUT2D eigenvalue weighted by atomic mass is 15.1. The van der Waals surface area contributed by atoms with Gasteiger partial charge in [0.05, 0.1) is 5.52 Å². The van der Waals surface area contributed by atoms with Gasteiger partial charge in [-0.3, -0.25) is 4.98 Å². The number of rotatable bonds is 2. The van der Waals surface area contributed by atoms with E-state index in [0.29, 0.717) is 5.92 Å². The molecule has 1 aliphatic heterocycles. The number of hydrogen-bond donors (Lipinski definition) is 1. The normalized spacial score (nSPS) is 21.4. The Bertz CT molecular complexity index is 552. The first-order valence-corrected chi connectivity index (χ1v) is 7.04. The molecule has 0 amide bonds. The van der Waals surface area contributed by atoms with Crippen molar-refractivity contribution in [2.24, 2.45) is 5.92 Å². The fourth-order valence-corrected chi connectivity index (χ4v) is 2.87. The molecule has 1 saturated heterocycles. The van der Waals surface area contributed by atoms with Gasteiger partial charge in [0.15, 0.2) is 0 Å². The third kappa shape index (κ3) is 3.11. The van der Waals surface area contributed by atoms with Gasteiger partial charge < -0.3 is 10.2 Å². The maximum atomic E-state index is 4.56. The van der Waals surface area contributed by atoms with E-state index in [1.807, 2.05) is 12.3 Å². The Hall–Kier alpha value is -1.45. The third-order valence-corrected chi connectivity index (χ3v) is 3.84. The number of nitrogens with one attached hydrogen (secondary N) is 1. The Morgan fingerprint density at radius 3 is 3.21 bits per heavy atom. The predicted molar refractivity (Wildman–Crippen MR) is 79.3 cm³/mol. The molecule has 1 aromatic carbocycles. The van der Waals surface area contributed by atoms with Crippen molar-refractivity contribution in [2.45, 2.75) is 6.42 Å². The second-order valence-corrected chi connectivity index (χ2v) is 5.57. The van der Waals surface area contributed by atoms with Crippen molar-refractivity contribution >= 4 is 10.9 Å². The van der Waals surface area contributed by atoms with E-state index in [9.17, 15) is 0 Å². The van der Waals surface area contributed by atoms with Crippen LogP contribution in [0.4, 0.5) is 0 Å². The van der Waals surface area contributed by atoms with E-state index >= 15 is 0 Å². The van der Waals surface area contributed by atoms with Crippen molar-refractivity contribution in [3.8, 4) is 0 Å². The van der Waals surface area contributed by atoms with Crippen LogP contribution in [0.25, 0.3) is 10.9 Å². The van der Waals surface area contributed by atoms with E-state index < -0.39 is 0 Å². The first kappa shape index (κ1) is 12.6. The number of aromatic nitrogens is 1. The molecular formula is C16H21N3. The van der Waals surface area contributed by atoms with Crippen LogP contribution in [0, 0.1) is 5.92 Å². The zero-order valence-corrected chi connectivity index (χ0v) is 11.5. The van der Waals surface area contributed by atoms with E-state index in [2.05, 4.69) is 46.5 Å². The van der Waals surface area contributed by atoms with Crippen molar-refractivity contribution in [1.82, 2.24) is 15.2 Å². The third-order valence-electron chi connectivity index (χ3n) is 3.84. The van der Waals surface area contributed by atoms with Gasteiger partial charge in [-0.2, -0.15) is 0 Å². The molecule has 1 aromatic heterocycles. The molecule has 2 aromatic rings. The number of fused-ring (bicyclic) bond motifs is 1. The van der Waals surface area contributed by atoms with Gasteiger partial charge in [-0.05, 0) is 43.6 Å². The van der Waals surface area contributed by atoms with E-state index in [4.69, 9.17) is 0 Å². The molecule has 0 spiro atoms. The van der Waals surface area contributed by atoms with Crippen LogP contribution >= 0.6 is 0 Å². The summed E-state index contributed by atoms with van der Waals surface area (Å²) in [5, 5.41) is 4.77. The standard InChI is InChI=1S/C16H21N3/c1-19-7-6-17-10-14(12-19)8-13-9-15-4-2-3-5-16(15)18-11-13/h2-5,9,11,14,17H,6-8,10,12H2,1H3/t14-/m0/s1. The van der Waals surface area contributed by atoms with E-state index in [-0.39, 0.29) is 0 Å². The lowest BCUT2D eigenvalue weighted by molar-refractivity contribution is 0.309. The Balaban J connectivity index is 1.76. The molecular weight excluding hydrogens is 234 g/mol. The number of benzene rings is 1. The molecule has 1 aliphatic rings. The lowest BCUT2D eigenvalue weighted by Crippen LogP contribution is -2.27. The molecule has 1 N–H and O–H groups in total. The van der Waals surface area contributed by atoms with Crippen molar-refractivity contribution in [2.75, 3.05) is 33.2 Å². The average molecular weight is 255 g/mol. The van der Waals surface area contributed by atoms with Crippen LogP contribution in [0.5, 0.6) is 0 Å². The summed E-state index contributed by atoms with van der Waals surface area (Å²) in [4.78, 5) is 6.97. The highest BCUT2D eigenvalue weighted by Gasteiger charge is 2.15. The Morgan fingerprint density at radius 2 is 2.26 bits per heavy atom. The minimum Gasteiger partial charge on any atom is -0.315 e. The summed E-state index contributed by atoms with van der Waals surface area (Å²) < 4.78 is 0. The summed E-state index contributed by atoms with van der Waals surface area (Å²) in [6.45, 7) is 4.52. The summed E-state index contributed by atoms with van der Waals surface area (Å²) in [6.07, 6.45) is 3.14. The molecule has 0 bridgehead atoms. The number of pyridine rings is 1. The summed E-state index contributed by atoms with van der Waals surface area (Å²) in [6, 6.07) is 10.6. The molecule has 3 nitrogen and oxygen atoms in total. The van der Waals surface area contributed by atoms with Crippen LogP contribution < -0.4 is 5.32 Å². The van der Waals surface area contributed by atoms with Crippen LogP contribution in [0.1, 0.15) is 5.56 Å². The van der Waals surface area contributed by atoms with Gasteiger partial charge >= 0.3 is 0 Å². The molecule has 2 heterocycles. The number of para-hydroxylation sites is 1. The quantitative estimate of drug-likeness (QED) is 0.889. The second kappa shape index (κ2) is 5.68. The zero-order valence-electron chi connectivity index (χ0n) is 11.5. The van der Waals surface area contributed by atoms with Crippen LogP contribution in [0.15, 0.2) is 36.5 Å². The van der Waals surface area contributed by atoms with Gasteiger partial charge in [-0.1, -0.05) is 18.2 Å². The SMILES string of the molecule is CN1CCNC[C@H](Cc2cnc3ccccc3c2)C1. The first-order valence-electron chi connectivity index (χ1n) is 7.04. The molecule has 1 fully saturated rings. The van der Waals surface area contributed by atoms with Gasteiger partial charge in [0.1, 0.15) is 0 Å². The smallest absolute Gasteiger partial charge is 0.0702 e. The monoisotopic (exact) mass is 255 g/mol. The van der Waals surface area contributed by atoms with Gasteiger partial charge in [0.2, 0.25) is 0 Å². The molecule has 1 atom stereocenters. The largest absolute Gasteiger partial charge is 0.315 e. The molecule has 0 aliphatic carbocycles.